The Morgan fingerprint density at radius 3 is 2.89 bits per heavy atom. The Morgan fingerprint density at radius 2 is 2.22 bits per heavy atom. The van der Waals surface area contributed by atoms with Gasteiger partial charge in [-0.25, -0.2) is 4.79 Å². The lowest BCUT2D eigenvalue weighted by Gasteiger charge is -2.16. The summed E-state index contributed by atoms with van der Waals surface area (Å²) in [5, 5.41) is 2.71. The van der Waals surface area contributed by atoms with Crippen molar-refractivity contribution in [1.82, 2.24) is 15.3 Å². The molecule has 2 rings (SSSR count). The number of allylic oxidation sites excluding steroid dienone is 2. The maximum atomic E-state index is 11.8. The fourth-order valence-corrected chi connectivity index (χ4v) is 1.93. The molecule has 0 radical (unpaired) electrons. The van der Waals surface area contributed by atoms with Gasteiger partial charge in [-0.3, -0.25) is 14.6 Å². The van der Waals surface area contributed by atoms with Crippen LogP contribution in [0.3, 0.4) is 0 Å². The number of rotatable bonds is 3. The van der Waals surface area contributed by atoms with Crippen LogP contribution in [-0.2, 0) is 11.3 Å². The molecule has 1 aromatic heterocycles. The number of carbonyl (C=O) groups excluding carboxylic acids is 1. The van der Waals surface area contributed by atoms with E-state index < -0.39 is 11.2 Å². The highest BCUT2D eigenvalue weighted by atomic mass is 16.2. The topological polar surface area (TPSA) is 94.8 Å². The monoisotopic (exact) mass is 249 g/mol. The molecule has 0 aliphatic heterocycles. The molecule has 6 nitrogen and oxygen atoms in total. The average molecular weight is 249 g/mol. The van der Waals surface area contributed by atoms with Crippen LogP contribution in [0.5, 0.6) is 0 Å². The van der Waals surface area contributed by atoms with E-state index in [2.05, 4.69) is 21.4 Å². The molecule has 6 heteroatoms. The van der Waals surface area contributed by atoms with Gasteiger partial charge in [0.05, 0.1) is 5.56 Å². The lowest BCUT2D eigenvalue weighted by Crippen LogP contribution is -2.34. The van der Waals surface area contributed by atoms with Crippen molar-refractivity contribution in [1.29, 1.82) is 0 Å². The fraction of sp³-hybridized carbons (Fsp3) is 0.417. The van der Waals surface area contributed by atoms with Crippen molar-refractivity contribution in [2.75, 3.05) is 0 Å². The summed E-state index contributed by atoms with van der Waals surface area (Å²) in [7, 11) is 0. The van der Waals surface area contributed by atoms with Gasteiger partial charge in [-0.05, 0) is 19.3 Å². The first kappa shape index (κ1) is 12.3. The molecule has 0 bridgehead atoms. The predicted octanol–water partition coefficient (Wildman–Crippen LogP) is 0.0357. The summed E-state index contributed by atoms with van der Waals surface area (Å²) in [6, 6.07) is 0. The second kappa shape index (κ2) is 5.48. The van der Waals surface area contributed by atoms with Crippen molar-refractivity contribution in [3.8, 4) is 0 Å². The van der Waals surface area contributed by atoms with Crippen LogP contribution in [0.15, 0.2) is 27.9 Å². The van der Waals surface area contributed by atoms with Crippen LogP contribution in [0.25, 0.3) is 0 Å². The Bertz CT molecular complexity index is 570. The predicted molar refractivity (Wildman–Crippen MR) is 66.0 cm³/mol. The number of amides is 1. The fourth-order valence-electron chi connectivity index (χ4n) is 1.93. The van der Waals surface area contributed by atoms with Crippen molar-refractivity contribution in [2.45, 2.75) is 25.8 Å². The van der Waals surface area contributed by atoms with Gasteiger partial charge in [-0.2, -0.15) is 0 Å². The van der Waals surface area contributed by atoms with Gasteiger partial charge >= 0.3 is 5.69 Å². The van der Waals surface area contributed by atoms with E-state index in [1.165, 1.54) is 6.20 Å². The van der Waals surface area contributed by atoms with Gasteiger partial charge in [0.15, 0.2) is 0 Å². The van der Waals surface area contributed by atoms with E-state index in [0.29, 0.717) is 5.56 Å². The molecule has 1 heterocycles. The van der Waals surface area contributed by atoms with Crippen LogP contribution in [-0.4, -0.2) is 15.9 Å². The van der Waals surface area contributed by atoms with E-state index in [0.717, 1.165) is 19.3 Å². The first-order valence-corrected chi connectivity index (χ1v) is 5.90. The molecule has 1 atom stereocenters. The zero-order chi connectivity index (χ0) is 13.0. The van der Waals surface area contributed by atoms with Gasteiger partial charge in [-0.15, -0.1) is 0 Å². The van der Waals surface area contributed by atoms with Crippen molar-refractivity contribution in [2.24, 2.45) is 5.92 Å². The second-order valence-electron chi connectivity index (χ2n) is 4.30. The first-order valence-electron chi connectivity index (χ1n) is 5.90. The van der Waals surface area contributed by atoms with Gasteiger partial charge in [0.25, 0.3) is 5.56 Å². The van der Waals surface area contributed by atoms with Crippen LogP contribution in [0.4, 0.5) is 0 Å². The summed E-state index contributed by atoms with van der Waals surface area (Å²) in [5.41, 5.74) is -0.676. The molecular weight excluding hydrogens is 234 g/mol. The highest BCUT2D eigenvalue weighted by Gasteiger charge is 2.18. The average Bonchev–Trinajstić information content (AvgIpc) is 2.38. The molecule has 0 unspecified atom stereocenters. The molecule has 0 fully saturated rings. The van der Waals surface area contributed by atoms with Crippen LogP contribution in [0, 0.1) is 5.92 Å². The summed E-state index contributed by atoms with van der Waals surface area (Å²) in [6.45, 7) is 0.130. The van der Waals surface area contributed by atoms with Crippen LogP contribution < -0.4 is 16.6 Å². The Balaban J connectivity index is 1.95. The number of nitrogens with one attached hydrogen (secondary N) is 3. The minimum absolute atomic E-state index is 0.0168. The molecule has 0 saturated heterocycles. The van der Waals surface area contributed by atoms with E-state index in [1.807, 2.05) is 6.08 Å². The number of H-pyrrole nitrogens is 2. The van der Waals surface area contributed by atoms with Gasteiger partial charge < -0.3 is 10.3 Å². The molecule has 0 saturated carbocycles. The molecule has 18 heavy (non-hydrogen) atoms. The van der Waals surface area contributed by atoms with Gasteiger partial charge in [0.1, 0.15) is 0 Å². The zero-order valence-electron chi connectivity index (χ0n) is 9.86. The number of aromatic amines is 2. The molecule has 1 aliphatic rings. The zero-order valence-corrected chi connectivity index (χ0v) is 9.86. The molecule has 0 aromatic carbocycles. The molecule has 3 N–H and O–H groups in total. The van der Waals surface area contributed by atoms with Gasteiger partial charge in [-0.1, -0.05) is 12.2 Å². The summed E-state index contributed by atoms with van der Waals surface area (Å²) >= 11 is 0. The largest absolute Gasteiger partial charge is 0.352 e. The second-order valence-corrected chi connectivity index (χ2v) is 4.30. The van der Waals surface area contributed by atoms with Crippen LogP contribution >= 0.6 is 0 Å². The maximum Gasteiger partial charge on any atom is 0.325 e. The standard InChI is InChI=1S/C12H15N3O3/c16-10(8-4-2-1-3-5-8)13-6-9-7-14-12(18)15-11(9)17/h1-2,7-8H,3-6H2,(H,13,16)(H2,14,15,17,18)/t8-/m1/s1. The Kier molecular flexibility index (Phi) is 3.76. The highest BCUT2D eigenvalue weighted by Crippen LogP contribution is 2.17. The Hall–Kier alpha value is -2.11. The van der Waals surface area contributed by atoms with E-state index in [-0.39, 0.29) is 18.4 Å². The lowest BCUT2D eigenvalue weighted by atomic mass is 9.94. The highest BCUT2D eigenvalue weighted by molar-refractivity contribution is 5.78. The third kappa shape index (κ3) is 2.97. The number of hydrogen-bond acceptors (Lipinski definition) is 3. The maximum absolute atomic E-state index is 11.8. The number of aromatic nitrogens is 2. The van der Waals surface area contributed by atoms with Gasteiger partial charge in [0, 0.05) is 18.7 Å². The number of hydrogen-bond donors (Lipinski definition) is 3. The van der Waals surface area contributed by atoms with Crippen molar-refractivity contribution < 1.29 is 4.79 Å². The summed E-state index contributed by atoms with van der Waals surface area (Å²) in [5.74, 6) is -0.0678. The summed E-state index contributed by atoms with van der Waals surface area (Å²) in [6.07, 6.45) is 7.88. The van der Waals surface area contributed by atoms with Crippen LogP contribution in [0.2, 0.25) is 0 Å². The van der Waals surface area contributed by atoms with E-state index in [1.54, 1.807) is 0 Å². The third-order valence-electron chi connectivity index (χ3n) is 2.99. The van der Waals surface area contributed by atoms with Crippen molar-refractivity contribution in [3.05, 3.63) is 44.8 Å². The molecule has 1 aliphatic carbocycles. The minimum atomic E-state index is -0.549. The van der Waals surface area contributed by atoms with E-state index in [4.69, 9.17) is 0 Å². The molecule has 1 amide bonds. The van der Waals surface area contributed by atoms with Crippen molar-refractivity contribution >= 4 is 5.91 Å². The number of carbonyl (C=O) groups is 1. The molecule has 0 spiro atoms. The molecule has 1 aromatic rings. The summed E-state index contributed by atoms with van der Waals surface area (Å²) in [4.78, 5) is 38.5. The van der Waals surface area contributed by atoms with Gasteiger partial charge in [0.2, 0.25) is 5.91 Å². The van der Waals surface area contributed by atoms with Crippen molar-refractivity contribution in [3.63, 3.8) is 0 Å². The Labute approximate surface area is 103 Å². The summed E-state index contributed by atoms with van der Waals surface area (Å²) < 4.78 is 0. The third-order valence-corrected chi connectivity index (χ3v) is 2.99. The minimum Gasteiger partial charge on any atom is -0.352 e. The van der Waals surface area contributed by atoms with E-state index >= 15 is 0 Å². The lowest BCUT2D eigenvalue weighted by molar-refractivity contribution is -0.125. The molecule has 96 valence electrons. The SMILES string of the molecule is O=C(NCc1c[nH]c(=O)[nH]c1=O)[C@@H]1CC=CCC1. The van der Waals surface area contributed by atoms with E-state index in [9.17, 15) is 14.4 Å². The Morgan fingerprint density at radius 1 is 1.39 bits per heavy atom. The molecular formula is C12H15N3O3. The normalized spacial score (nSPS) is 18.6. The quantitative estimate of drug-likeness (QED) is 0.660. The smallest absolute Gasteiger partial charge is 0.325 e. The van der Waals surface area contributed by atoms with Crippen LogP contribution in [0.1, 0.15) is 24.8 Å². The first-order chi connectivity index (χ1) is 8.66.